The van der Waals surface area contributed by atoms with Gasteiger partial charge in [0, 0.05) is 44.9 Å². The molecule has 0 bridgehead atoms. The molecule has 1 fully saturated rings. The molecule has 0 unspecified atom stereocenters. The number of carbonyl (C=O) groups excluding carboxylic acids is 1. The van der Waals surface area contributed by atoms with Gasteiger partial charge in [0.05, 0.1) is 6.20 Å². The van der Waals surface area contributed by atoms with E-state index in [4.69, 9.17) is 9.47 Å². The normalized spacial score (nSPS) is 13.5. The third-order valence-corrected chi connectivity index (χ3v) is 7.32. The number of aryl methyl sites for hydroxylation is 3. The minimum Gasteiger partial charge on any atom is -0.487 e. The molecule has 3 aromatic carbocycles. The average molecular weight is 584 g/mol. The first-order chi connectivity index (χ1) is 19.9. The number of aromatic nitrogens is 1. The Kier molecular flexibility index (Phi) is 10.8. The van der Waals surface area contributed by atoms with Gasteiger partial charge in [0.25, 0.3) is 0 Å². The molecule has 1 amide bonds. The number of piperazine rings is 1. The van der Waals surface area contributed by atoms with Crippen LogP contribution < -0.4 is 9.47 Å². The van der Waals surface area contributed by atoms with Gasteiger partial charge < -0.3 is 14.4 Å². The zero-order chi connectivity index (χ0) is 28.6. The van der Waals surface area contributed by atoms with Crippen LogP contribution in [0.4, 0.5) is 0 Å². The molecule has 4 aromatic rings. The van der Waals surface area contributed by atoms with Crippen LogP contribution in [-0.2, 0) is 17.9 Å². The predicted octanol–water partition coefficient (Wildman–Crippen LogP) is 7.16. The largest absolute Gasteiger partial charge is 0.487 e. The van der Waals surface area contributed by atoms with Crippen molar-refractivity contribution in [2.45, 2.75) is 33.9 Å². The first-order valence-electron chi connectivity index (χ1n) is 14.1. The van der Waals surface area contributed by atoms with Crippen LogP contribution in [0, 0.1) is 20.8 Å². The van der Waals surface area contributed by atoms with Gasteiger partial charge in [0.2, 0.25) is 11.8 Å². The Labute approximate surface area is 255 Å². The lowest BCUT2D eigenvalue weighted by atomic mass is 10.1. The van der Waals surface area contributed by atoms with Crippen molar-refractivity contribution in [3.8, 4) is 17.4 Å². The van der Waals surface area contributed by atoms with E-state index >= 15 is 0 Å². The van der Waals surface area contributed by atoms with Gasteiger partial charge in [0.15, 0.2) is 0 Å². The minimum atomic E-state index is 0. The summed E-state index contributed by atoms with van der Waals surface area (Å²) in [5.74, 6) is 1.92. The van der Waals surface area contributed by atoms with E-state index in [-0.39, 0.29) is 18.3 Å². The number of halogens is 1. The molecule has 0 radical (unpaired) electrons. The van der Waals surface area contributed by atoms with Crippen molar-refractivity contribution >= 4 is 24.4 Å². The molecule has 2 heterocycles. The monoisotopic (exact) mass is 583 g/mol. The molecule has 0 aliphatic carbocycles. The smallest absolute Gasteiger partial charge is 0.246 e. The van der Waals surface area contributed by atoms with E-state index in [1.54, 1.807) is 18.3 Å². The van der Waals surface area contributed by atoms with Crippen molar-refractivity contribution < 1.29 is 14.3 Å². The number of amides is 1. The fraction of sp³-hybridized carbons (Fsp3) is 0.257. The van der Waals surface area contributed by atoms with Crippen molar-refractivity contribution in [1.82, 2.24) is 14.8 Å². The summed E-state index contributed by atoms with van der Waals surface area (Å²) < 4.78 is 11.8. The zero-order valence-electron chi connectivity index (χ0n) is 24.5. The maximum Gasteiger partial charge on any atom is 0.246 e. The van der Waals surface area contributed by atoms with Crippen molar-refractivity contribution in [2.24, 2.45) is 0 Å². The third kappa shape index (κ3) is 8.68. The molecule has 0 N–H and O–H groups in total. The average Bonchev–Trinajstić information content (AvgIpc) is 2.99. The van der Waals surface area contributed by atoms with Gasteiger partial charge in [-0.3, -0.25) is 9.69 Å². The number of hydrogen-bond donors (Lipinski definition) is 0. The summed E-state index contributed by atoms with van der Waals surface area (Å²) in [6.45, 7) is 10.8. The molecule has 1 aliphatic heterocycles. The van der Waals surface area contributed by atoms with Crippen molar-refractivity contribution in [3.63, 3.8) is 0 Å². The maximum atomic E-state index is 12.8. The molecular formula is C35H38ClN3O3. The Bertz CT molecular complexity index is 1480. The van der Waals surface area contributed by atoms with Gasteiger partial charge in [-0.2, -0.15) is 0 Å². The van der Waals surface area contributed by atoms with Crippen LogP contribution in [0.2, 0.25) is 0 Å². The Balaban J connectivity index is 0.00000405. The van der Waals surface area contributed by atoms with E-state index in [1.807, 2.05) is 42.2 Å². The van der Waals surface area contributed by atoms with Gasteiger partial charge in [-0.1, -0.05) is 65.7 Å². The summed E-state index contributed by atoms with van der Waals surface area (Å²) in [4.78, 5) is 21.5. The zero-order valence-corrected chi connectivity index (χ0v) is 25.3. The highest BCUT2D eigenvalue weighted by Gasteiger charge is 2.19. The van der Waals surface area contributed by atoms with Crippen molar-refractivity contribution in [3.05, 3.63) is 125 Å². The molecule has 5 rings (SSSR count). The van der Waals surface area contributed by atoms with Crippen LogP contribution in [0.3, 0.4) is 0 Å². The molecule has 7 heteroatoms. The Morgan fingerprint density at radius 1 is 0.810 bits per heavy atom. The number of ether oxygens (including phenoxy) is 2. The molecule has 218 valence electrons. The quantitative estimate of drug-likeness (QED) is 0.196. The number of hydrogen-bond acceptors (Lipinski definition) is 5. The molecule has 0 spiro atoms. The van der Waals surface area contributed by atoms with Crippen LogP contribution in [0.5, 0.6) is 17.4 Å². The Hall–Kier alpha value is -4.13. The van der Waals surface area contributed by atoms with Crippen molar-refractivity contribution in [1.29, 1.82) is 0 Å². The second-order valence-corrected chi connectivity index (χ2v) is 10.6. The van der Waals surface area contributed by atoms with E-state index in [1.165, 1.54) is 16.7 Å². The number of carbonyl (C=O) groups is 1. The lowest BCUT2D eigenvalue weighted by molar-refractivity contribution is -0.127. The fourth-order valence-electron chi connectivity index (χ4n) is 4.73. The van der Waals surface area contributed by atoms with Crippen LogP contribution in [-0.4, -0.2) is 46.9 Å². The summed E-state index contributed by atoms with van der Waals surface area (Å²) in [5, 5.41) is 0. The van der Waals surface area contributed by atoms with Crippen LogP contribution in [0.15, 0.2) is 91.1 Å². The number of nitrogens with zero attached hydrogens (tertiary/aromatic N) is 3. The molecule has 0 saturated carbocycles. The molecule has 6 nitrogen and oxygen atoms in total. The van der Waals surface area contributed by atoms with Crippen LogP contribution in [0.25, 0.3) is 6.08 Å². The summed E-state index contributed by atoms with van der Waals surface area (Å²) in [6.07, 6.45) is 5.23. The standard InChI is InChI=1S/C35H37N3O3.ClH/c1-26-4-8-29(9-5-26)24-37-18-20-38(21-19-37)35(39)17-13-31-12-14-32(22-28(31)3)41-34-16-15-33(23-36-34)40-25-30-10-6-27(2)7-11-30;/h4-17,22-23H,18-21,24-25H2,1-3H3;1H/b17-13+;. The molecule has 1 aromatic heterocycles. The van der Waals surface area contributed by atoms with E-state index in [2.05, 4.69) is 72.3 Å². The van der Waals surface area contributed by atoms with Gasteiger partial charge in [-0.15, -0.1) is 12.4 Å². The van der Waals surface area contributed by atoms with Crippen LogP contribution in [0.1, 0.15) is 33.4 Å². The van der Waals surface area contributed by atoms with E-state index in [0.29, 0.717) is 24.0 Å². The van der Waals surface area contributed by atoms with E-state index < -0.39 is 0 Å². The highest BCUT2D eigenvalue weighted by atomic mass is 35.5. The highest BCUT2D eigenvalue weighted by molar-refractivity contribution is 5.92. The highest BCUT2D eigenvalue weighted by Crippen LogP contribution is 2.25. The number of pyridine rings is 1. The van der Waals surface area contributed by atoms with E-state index in [0.717, 1.165) is 49.4 Å². The second-order valence-electron chi connectivity index (χ2n) is 10.6. The fourth-order valence-corrected chi connectivity index (χ4v) is 4.73. The maximum absolute atomic E-state index is 12.8. The Morgan fingerprint density at radius 3 is 2.07 bits per heavy atom. The lowest BCUT2D eigenvalue weighted by Crippen LogP contribution is -2.47. The predicted molar refractivity (Wildman–Crippen MR) is 170 cm³/mol. The number of benzene rings is 3. The summed E-state index contributed by atoms with van der Waals surface area (Å²) in [7, 11) is 0. The SMILES string of the molecule is Cc1ccc(COc2ccc(Oc3ccc(/C=C/C(=O)N4CCN(Cc5ccc(C)cc5)CC4)c(C)c3)nc2)cc1.Cl. The first-order valence-corrected chi connectivity index (χ1v) is 14.1. The van der Waals surface area contributed by atoms with Crippen LogP contribution >= 0.6 is 12.4 Å². The van der Waals surface area contributed by atoms with Gasteiger partial charge in [-0.25, -0.2) is 4.98 Å². The second kappa shape index (κ2) is 14.7. The lowest BCUT2D eigenvalue weighted by Gasteiger charge is -2.34. The van der Waals surface area contributed by atoms with E-state index in [9.17, 15) is 4.79 Å². The molecule has 0 atom stereocenters. The summed E-state index contributed by atoms with van der Waals surface area (Å²) in [6, 6.07) is 26.4. The molecule has 1 aliphatic rings. The van der Waals surface area contributed by atoms with Gasteiger partial charge in [-0.05, 0) is 67.3 Å². The van der Waals surface area contributed by atoms with Crippen molar-refractivity contribution in [2.75, 3.05) is 26.2 Å². The van der Waals surface area contributed by atoms with Gasteiger partial charge >= 0.3 is 0 Å². The Morgan fingerprint density at radius 2 is 1.45 bits per heavy atom. The minimum absolute atomic E-state index is 0. The molecular weight excluding hydrogens is 546 g/mol. The topological polar surface area (TPSA) is 54.9 Å². The van der Waals surface area contributed by atoms with Gasteiger partial charge in [0.1, 0.15) is 18.1 Å². The first kappa shape index (κ1) is 30.8. The summed E-state index contributed by atoms with van der Waals surface area (Å²) >= 11 is 0. The summed E-state index contributed by atoms with van der Waals surface area (Å²) in [5.41, 5.74) is 6.93. The number of rotatable bonds is 9. The molecule has 1 saturated heterocycles. The third-order valence-electron chi connectivity index (χ3n) is 7.32. The molecule has 42 heavy (non-hydrogen) atoms.